The average molecular weight is 970 g/mol. The number of nitrogens with zero attached hydrogens (tertiary/aromatic N) is 2. The molecule has 3 aromatic carbocycles. The third kappa shape index (κ3) is 13.5. The minimum Gasteiger partial charge on any atom is -0.497 e. The molecule has 0 saturated heterocycles. The molecule has 0 bridgehead atoms. The summed E-state index contributed by atoms with van der Waals surface area (Å²) in [6.07, 6.45) is 18.0. The molecule has 2 amide bonds. The maximum Gasteiger partial charge on any atom is 0.417 e. The molecular weight excluding hydrogens is 894 g/mol. The first kappa shape index (κ1) is 53.9. The molecule has 1 heterocycles. The Morgan fingerprint density at radius 3 is 2.24 bits per heavy atom. The van der Waals surface area contributed by atoms with Gasteiger partial charge in [-0.2, -0.15) is 0 Å². The fraction of sp³-hybridized carbons (Fsp3) is 0.554. The summed E-state index contributed by atoms with van der Waals surface area (Å²) in [5.41, 5.74) is 3.49. The Hall–Kier alpha value is -5.44. The van der Waals surface area contributed by atoms with Crippen LogP contribution in [-0.4, -0.2) is 85.8 Å². The van der Waals surface area contributed by atoms with Crippen LogP contribution in [0.25, 0.3) is 0 Å². The predicted molar refractivity (Wildman–Crippen MR) is 270 cm³/mol. The summed E-state index contributed by atoms with van der Waals surface area (Å²) in [6, 6.07) is 15.9. The van der Waals surface area contributed by atoms with Crippen molar-refractivity contribution in [2.75, 3.05) is 46.5 Å². The molecule has 0 spiro atoms. The highest BCUT2D eigenvalue weighted by molar-refractivity contribution is 6.03. The number of allylic oxidation sites excluding steroid dienone is 1. The fourth-order valence-corrected chi connectivity index (χ4v) is 10.9. The van der Waals surface area contributed by atoms with Crippen molar-refractivity contribution in [2.24, 2.45) is 22.9 Å². The van der Waals surface area contributed by atoms with Crippen molar-refractivity contribution in [3.8, 4) is 23.0 Å². The lowest BCUT2D eigenvalue weighted by Gasteiger charge is -2.60. The van der Waals surface area contributed by atoms with E-state index in [2.05, 4.69) is 24.9 Å². The van der Waals surface area contributed by atoms with Crippen LogP contribution in [0.4, 0.5) is 14.9 Å². The number of hydrogen-bond donors (Lipinski definition) is 3. The van der Waals surface area contributed by atoms with Gasteiger partial charge >= 0.3 is 6.09 Å². The topological polar surface area (TPSA) is 158 Å². The second-order valence-electron chi connectivity index (χ2n) is 18.8. The number of hydrogen-bond acceptors (Lipinski definition) is 11. The number of methoxy groups -OCH3 is 2. The molecule has 3 N–H and O–H groups in total. The number of anilines is 1. The van der Waals surface area contributed by atoms with Crippen LogP contribution < -0.4 is 24.3 Å². The molecule has 13 nitrogen and oxygen atoms in total. The van der Waals surface area contributed by atoms with E-state index in [4.69, 9.17) is 33.7 Å². The van der Waals surface area contributed by atoms with Gasteiger partial charge in [0.1, 0.15) is 42.0 Å². The highest BCUT2D eigenvalue weighted by Crippen LogP contribution is 2.62. The van der Waals surface area contributed by atoms with Crippen LogP contribution in [0.5, 0.6) is 23.0 Å². The van der Waals surface area contributed by atoms with E-state index in [1.807, 2.05) is 11.0 Å². The molecule has 6 unspecified atom stereocenters. The molecule has 382 valence electrons. The van der Waals surface area contributed by atoms with E-state index in [0.29, 0.717) is 54.3 Å². The number of aliphatic hydroxyl groups excluding tert-OH is 2. The quantitative estimate of drug-likeness (QED) is 0.0347. The van der Waals surface area contributed by atoms with Gasteiger partial charge in [-0.05, 0) is 97.5 Å². The molecule has 3 aromatic rings. The van der Waals surface area contributed by atoms with Crippen molar-refractivity contribution in [3.63, 3.8) is 0 Å². The number of nitrogens with one attached hydrogen (secondary N) is 1. The van der Waals surface area contributed by atoms with Gasteiger partial charge < -0.3 is 43.6 Å². The Labute approximate surface area is 414 Å². The van der Waals surface area contributed by atoms with Crippen LogP contribution in [0, 0.1) is 23.6 Å². The van der Waals surface area contributed by atoms with Crippen LogP contribution >= 0.6 is 0 Å². The number of aliphatic hydroxyl groups is 2. The molecule has 14 heteroatoms. The smallest absolute Gasteiger partial charge is 0.417 e. The molecule has 0 aromatic heterocycles. The van der Waals surface area contributed by atoms with Crippen molar-refractivity contribution < 1.29 is 52.7 Å². The normalized spacial score (nSPS) is 21.7. The predicted octanol–water partition coefficient (Wildman–Crippen LogP) is 11.7. The third-order valence-corrected chi connectivity index (χ3v) is 14.2. The van der Waals surface area contributed by atoms with Crippen molar-refractivity contribution in [1.82, 2.24) is 4.90 Å². The monoisotopic (exact) mass is 970 g/mol. The zero-order valence-corrected chi connectivity index (χ0v) is 41.8. The largest absolute Gasteiger partial charge is 0.497 e. The van der Waals surface area contributed by atoms with Crippen LogP contribution in [0.2, 0.25) is 0 Å². The number of carbonyl (C=O) groups is 2. The van der Waals surface area contributed by atoms with Gasteiger partial charge in [-0.1, -0.05) is 101 Å². The van der Waals surface area contributed by atoms with Crippen molar-refractivity contribution in [3.05, 3.63) is 102 Å². The summed E-state index contributed by atoms with van der Waals surface area (Å²) in [4.78, 5) is 36.2. The summed E-state index contributed by atoms with van der Waals surface area (Å²) >= 11 is 0. The molecule has 3 aliphatic rings. The summed E-state index contributed by atoms with van der Waals surface area (Å²) < 4.78 is 45.8. The van der Waals surface area contributed by atoms with E-state index >= 15 is 4.79 Å². The van der Waals surface area contributed by atoms with E-state index in [9.17, 15) is 19.4 Å². The van der Waals surface area contributed by atoms with E-state index < -0.39 is 23.8 Å². The Morgan fingerprint density at radius 1 is 0.871 bits per heavy atom. The first-order chi connectivity index (χ1) is 34.1. The van der Waals surface area contributed by atoms with Crippen molar-refractivity contribution >= 4 is 23.4 Å². The van der Waals surface area contributed by atoms with Crippen LogP contribution in [0.3, 0.4) is 0 Å². The second-order valence-corrected chi connectivity index (χ2v) is 18.8. The van der Waals surface area contributed by atoms with Gasteiger partial charge in [0.05, 0.1) is 38.1 Å². The highest BCUT2D eigenvalue weighted by Gasteiger charge is 2.65. The fourth-order valence-electron chi connectivity index (χ4n) is 10.9. The number of rotatable bonds is 29. The van der Waals surface area contributed by atoms with Gasteiger partial charge in [0.15, 0.2) is 0 Å². The van der Waals surface area contributed by atoms with Gasteiger partial charge in [0.25, 0.3) is 0 Å². The van der Waals surface area contributed by atoms with Gasteiger partial charge in [0.2, 0.25) is 11.7 Å². The van der Waals surface area contributed by atoms with Crippen molar-refractivity contribution in [1.29, 1.82) is 0 Å². The molecule has 0 radical (unpaired) electrons. The molecule has 70 heavy (non-hydrogen) atoms. The molecule has 6 atom stereocenters. The van der Waals surface area contributed by atoms with Gasteiger partial charge in [-0.15, -0.1) is 6.58 Å². The van der Waals surface area contributed by atoms with Gasteiger partial charge in [-0.3, -0.25) is 10.1 Å². The second kappa shape index (κ2) is 27.2. The summed E-state index contributed by atoms with van der Waals surface area (Å²) in [5, 5.41) is 27.5. The minimum atomic E-state index is -1.49. The SMILES string of the molecule is C=CCOC12Oc3ccc(OC(=O)Nc4ccc(OC)cc4OC)cc3C3C(CCCCO)C(CCCCO)C=C(C(=NOC)CC1N(Cc1ccc(F)cc1)C(=O)CCCCCCCCCCC)C32. The van der Waals surface area contributed by atoms with E-state index in [-0.39, 0.29) is 68.0 Å². The Kier molecular flexibility index (Phi) is 21.0. The van der Waals surface area contributed by atoms with Crippen molar-refractivity contribution in [2.45, 2.75) is 140 Å². The number of oxime groups is 1. The summed E-state index contributed by atoms with van der Waals surface area (Å²) in [7, 11) is 4.57. The first-order valence-corrected chi connectivity index (χ1v) is 25.5. The maximum atomic E-state index is 15.1. The lowest BCUT2D eigenvalue weighted by Crippen LogP contribution is -2.70. The third-order valence-electron chi connectivity index (χ3n) is 14.2. The zero-order valence-electron chi connectivity index (χ0n) is 41.8. The lowest BCUT2D eigenvalue weighted by molar-refractivity contribution is -0.258. The number of ether oxygens (including phenoxy) is 5. The first-order valence-electron chi connectivity index (χ1n) is 25.5. The number of carbonyl (C=O) groups excluding carboxylic acids is 2. The van der Waals surface area contributed by atoms with Gasteiger partial charge in [-0.25, -0.2) is 9.18 Å². The number of benzene rings is 3. The number of amides is 2. The molecular formula is C56H76FN3O10. The summed E-state index contributed by atoms with van der Waals surface area (Å²) in [6.45, 7) is 6.64. The Bertz CT molecular complexity index is 2220. The highest BCUT2D eigenvalue weighted by atomic mass is 19.1. The Morgan fingerprint density at radius 2 is 1.57 bits per heavy atom. The average Bonchev–Trinajstić information content (AvgIpc) is 3.36. The van der Waals surface area contributed by atoms with Crippen LogP contribution in [0.1, 0.15) is 133 Å². The summed E-state index contributed by atoms with van der Waals surface area (Å²) in [5.74, 6) is -1.14. The number of unbranched alkanes of at least 4 members (excludes halogenated alkanes) is 10. The van der Waals surface area contributed by atoms with Gasteiger partial charge in [0, 0.05) is 50.1 Å². The number of fused-ring (bicyclic) bond motifs is 2. The Balaban J connectivity index is 1.46. The molecule has 1 aliphatic heterocycles. The zero-order chi connectivity index (χ0) is 49.9. The van der Waals surface area contributed by atoms with E-state index in [0.717, 1.165) is 61.6 Å². The maximum absolute atomic E-state index is 15.1. The van der Waals surface area contributed by atoms with E-state index in [1.165, 1.54) is 58.5 Å². The number of halogens is 1. The standard InChI is InChI=1S/C56H76FN3O10/c1-6-8-9-10-11-12-13-14-15-22-52(63)60(38-39-23-25-41(57)26-24-39)51-37-48(59-67-5)45-34-40(20-16-18-31-61)44(21-17-19-32-62)53-46-35-43(28-30-49(46)70-56(51,54(45)53)68-33-7-2)69-55(64)58-47-29-27-42(65-3)36-50(47)66-4/h7,23-30,34-36,40,44,51,53-54,61-62H,2,6,8-22,31-33,37-38H2,1,3-5H3,(H,58,64). The molecule has 1 fully saturated rings. The molecule has 1 saturated carbocycles. The van der Waals surface area contributed by atoms with Crippen LogP contribution in [0.15, 0.2) is 90.1 Å². The molecule has 2 aliphatic carbocycles. The van der Waals surface area contributed by atoms with E-state index in [1.54, 1.807) is 55.7 Å². The lowest BCUT2D eigenvalue weighted by atomic mass is 9.55. The molecule has 6 rings (SSSR count). The van der Waals surface area contributed by atoms with Crippen LogP contribution in [-0.2, 0) is 20.9 Å². The minimum absolute atomic E-state index is 0.00200.